The van der Waals surface area contributed by atoms with Gasteiger partial charge >= 0.3 is 6.03 Å². The highest BCUT2D eigenvalue weighted by Crippen LogP contribution is 2.17. The Kier molecular flexibility index (Phi) is 5.01. The number of primary amides is 1. The van der Waals surface area contributed by atoms with Gasteiger partial charge in [0.2, 0.25) is 0 Å². The van der Waals surface area contributed by atoms with Gasteiger partial charge in [-0.3, -0.25) is 4.79 Å². The number of carbonyl (C=O) groups is 2. The number of nitrogens with two attached hydrogens (primary N) is 1. The molecule has 0 bridgehead atoms. The van der Waals surface area contributed by atoms with Gasteiger partial charge < -0.3 is 16.4 Å². The molecule has 2 rings (SSSR count). The number of anilines is 1. The lowest BCUT2D eigenvalue weighted by molar-refractivity contribution is 0.0940. The van der Waals surface area contributed by atoms with Gasteiger partial charge in [0.1, 0.15) is 0 Å². The van der Waals surface area contributed by atoms with E-state index in [1.165, 1.54) is 0 Å². The first-order valence-corrected chi connectivity index (χ1v) is 7.06. The highest BCUT2D eigenvalue weighted by atomic mass is 35.5. The van der Waals surface area contributed by atoms with Crippen LogP contribution in [0.2, 0.25) is 5.02 Å². The van der Waals surface area contributed by atoms with Gasteiger partial charge in [-0.1, -0.05) is 29.8 Å². The molecule has 0 saturated heterocycles. The van der Waals surface area contributed by atoms with Crippen LogP contribution < -0.4 is 16.4 Å². The highest BCUT2D eigenvalue weighted by Gasteiger charge is 2.12. The summed E-state index contributed by atoms with van der Waals surface area (Å²) in [5.41, 5.74) is 6.92. The molecule has 5 nitrogen and oxygen atoms in total. The van der Waals surface area contributed by atoms with Crippen molar-refractivity contribution in [2.45, 2.75) is 13.0 Å². The summed E-state index contributed by atoms with van der Waals surface area (Å²) in [6.45, 7) is 1.88. The molecule has 0 aliphatic carbocycles. The standard InChI is InChI=1S/C16H16ClN3O2/c1-10(11-5-7-13(17)8-6-11)19-15(21)12-3-2-4-14(9-12)20-16(18)22/h2-10H,1H3,(H,19,21)(H3,18,20,22)/t10-/m0/s1. The van der Waals surface area contributed by atoms with Crippen LogP contribution in [-0.2, 0) is 0 Å². The summed E-state index contributed by atoms with van der Waals surface area (Å²) in [5.74, 6) is -0.240. The molecule has 0 unspecified atom stereocenters. The second kappa shape index (κ2) is 6.95. The highest BCUT2D eigenvalue weighted by molar-refractivity contribution is 6.30. The van der Waals surface area contributed by atoms with Gasteiger partial charge in [0, 0.05) is 16.3 Å². The van der Waals surface area contributed by atoms with Crippen LogP contribution in [0.4, 0.5) is 10.5 Å². The number of hydrogen-bond donors (Lipinski definition) is 3. The van der Waals surface area contributed by atoms with Crippen LogP contribution >= 0.6 is 11.6 Å². The molecule has 114 valence electrons. The molecule has 0 fully saturated rings. The van der Waals surface area contributed by atoms with Crippen molar-refractivity contribution in [3.63, 3.8) is 0 Å². The van der Waals surface area contributed by atoms with Crippen LogP contribution in [0.3, 0.4) is 0 Å². The number of hydrogen-bond acceptors (Lipinski definition) is 2. The van der Waals surface area contributed by atoms with E-state index in [2.05, 4.69) is 10.6 Å². The normalized spacial score (nSPS) is 11.5. The summed E-state index contributed by atoms with van der Waals surface area (Å²) in [7, 11) is 0. The quantitative estimate of drug-likeness (QED) is 0.808. The molecule has 0 saturated carbocycles. The fraction of sp³-hybridized carbons (Fsp3) is 0.125. The molecule has 6 heteroatoms. The van der Waals surface area contributed by atoms with Crippen LogP contribution in [0, 0.1) is 0 Å². The minimum atomic E-state index is -0.674. The maximum absolute atomic E-state index is 12.3. The molecule has 0 radical (unpaired) electrons. The van der Waals surface area contributed by atoms with E-state index in [4.69, 9.17) is 17.3 Å². The van der Waals surface area contributed by atoms with Crippen molar-refractivity contribution in [3.8, 4) is 0 Å². The van der Waals surface area contributed by atoms with Gasteiger partial charge in [0.25, 0.3) is 5.91 Å². The Bertz CT molecular complexity index is 686. The molecular formula is C16H16ClN3O2. The Morgan fingerprint density at radius 2 is 1.82 bits per heavy atom. The molecule has 0 aliphatic rings. The molecule has 1 atom stereocenters. The van der Waals surface area contributed by atoms with Crippen molar-refractivity contribution in [1.29, 1.82) is 0 Å². The van der Waals surface area contributed by atoms with Crippen molar-refractivity contribution >= 4 is 29.2 Å². The van der Waals surface area contributed by atoms with Crippen molar-refractivity contribution in [2.75, 3.05) is 5.32 Å². The zero-order valence-electron chi connectivity index (χ0n) is 12.0. The van der Waals surface area contributed by atoms with Gasteiger partial charge in [-0.25, -0.2) is 4.79 Å². The summed E-state index contributed by atoms with van der Waals surface area (Å²) in [4.78, 5) is 23.1. The zero-order chi connectivity index (χ0) is 16.1. The largest absolute Gasteiger partial charge is 0.351 e. The van der Waals surface area contributed by atoms with E-state index < -0.39 is 6.03 Å². The van der Waals surface area contributed by atoms with Crippen molar-refractivity contribution in [2.24, 2.45) is 5.73 Å². The van der Waals surface area contributed by atoms with Gasteiger partial charge in [0.15, 0.2) is 0 Å². The van der Waals surface area contributed by atoms with Crippen molar-refractivity contribution in [1.82, 2.24) is 5.32 Å². The molecule has 0 aliphatic heterocycles. The second-order valence-electron chi connectivity index (χ2n) is 4.82. The number of urea groups is 1. The van der Waals surface area contributed by atoms with Gasteiger partial charge in [-0.2, -0.15) is 0 Å². The molecule has 4 N–H and O–H groups in total. The average Bonchev–Trinajstić information content (AvgIpc) is 2.47. The number of rotatable bonds is 4. The minimum Gasteiger partial charge on any atom is -0.351 e. The number of nitrogens with one attached hydrogen (secondary N) is 2. The summed E-state index contributed by atoms with van der Waals surface area (Å²) in [6, 6.07) is 13.0. The first kappa shape index (κ1) is 15.9. The Labute approximate surface area is 133 Å². The van der Waals surface area contributed by atoms with Gasteiger partial charge in [0.05, 0.1) is 6.04 Å². The van der Waals surface area contributed by atoms with Crippen molar-refractivity contribution in [3.05, 3.63) is 64.7 Å². The molecule has 2 aromatic carbocycles. The van der Waals surface area contributed by atoms with Crippen molar-refractivity contribution < 1.29 is 9.59 Å². The third kappa shape index (κ3) is 4.23. The summed E-state index contributed by atoms with van der Waals surface area (Å²) < 4.78 is 0. The predicted molar refractivity (Wildman–Crippen MR) is 87.0 cm³/mol. The summed E-state index contributed by atoms with van der Waals surface area (Å²) >= 11 is 5.84. The molecule has 0 spiro atoms. The topological polar surface area (TPSA) is 84.2 Å². The predicted octanol–water partition coefficient (Wildman–Crippen LogP) is 3.32. The van der Waals surface area contributed by atoms with E-state index in [9.17, 15) is 9.59 Å². The number of carbonyl (C=O) groups excluding carboxylic acids is 2. The number of halogens is 1. The van der Waals surface area contributed by atoms with Crippen LogP contribution in [-0.4, -0.2) is 11.9 Å². The SMILES string of the molecule is C[C@H](NC(=O)c1cccc(NC(N)=O)c1)c1ccc(Cl)cc1. The van der Waals surface area contributed by atoms with Crippen LogP contribution in [0.15, 0.2) is 48.5 Å². The molecule has 3 amide bonds. The maximum Gasteiger partial charge on any atom is 0.316 e. The van der Waals surface area contributed by atoms with Crippen LogP contribution in [0.25, 0.3) is 0 Å². The number of amides is 3. The lowest BCUT2D eigenvalue weighted by Crippen LogP contribution is -2.27. The fourth-order valence-corrected chi connectivity index (χ4v) is 2.12. The lowest BCUT2D eigenvalue weighted by atomic mass is 10.1. The molecular weight excluding hydrogens is 302 g/mol. The minimum absolute atomic E-state index is 0.169. The molecule has 22 heavy (non-hydrogen) atoms. The third-order valence-corrected chi connectivity index (χ3v) is 3.36. The summed E-state index contributed by atoms with van der Waals surface area (Å²) in [5, 5.41) is 5.97. The lowest BCUT2D eigenvalue weighted by Gasteiger charge is -2.15. The Morgan fingerprint density at radius 1 is 1.14 bits per heavy atom. The first-order valence-electron chi connectivity index (χ1n) is 6.68. The third-order valence-electron chi connectivity index (χ3n) is 3.11. The van der Waals surface area contributed by atoms with Gasteiger partial charge in [-0.05, 0) is 42.8 Å². The smallest absolute Gasteiger partial charge is 0.316 e. The van der Waals surface area contributed by atoms with E-state index in [-0.39, 0.29) is 11.9 Å². The Hall–Kier alpha value is -2.53. The van der Waals surface area contributed by atoms with E-state index in [1.807, 2.05) is 19.1 Å². The number of benzene rings is 2. The van der Waals surface area contributed by atoms with E-state index >= 15 is 0 Å². The molecule has 0 aromatic heterocycles. The Balaban J connectivity index is 2.08. The second-order valence-corrected chi connectivity index (χ2v) is 5.25. The van der Waals surface area contributed by atoms with Crippen LogP contribution in [0.5, 0.6) is 0 Å². The van der Waals surface area contributed by atoms with E-state index in [0.29, 0.717) is 16.3 Å². The fourth-order valence-electron chi connectivity index (χ4n) is 2.00. The molecule has 2 aromatic rings. The van der Waals surface area contributed by atoms with Gasteiger partial charge in [-0.15, -0.1) is 0 Å². The maximum atomic E-state index is 12.3. The van der Waals surface area contributed by atoms with E-state index in [1.54, 1.807) is 36.4 Å². The Morgan fingerprint density at radius 3 is 2.45 bits per heavy atom. The summed E-state index contributed by atoms with van der Waals surface area (Å²) in [6.07, 6.45) is 0. The average molecular weight is 318 g/mol. The van der Waals surface area contributed by atoms with Crippen LogP contribution in [0.1, 0.15) is 28.9 Å². The van der Waals surface area contributed by atoms with E-state index in [0.717, 1.165) is 5.56 Å². The zero-order valence-corrected chi connectivity index (χ0v) is 12.7. The first-order chi connectivity index (χ1) is 10.5. The molecule has 0 heterocycles. The monoisotopic (exact) mass is 317 g/mol.